The lowest BCUT2D eigenvalue weighted by Crippen LogP contribution is -2.52. The number of likely N-dealkylation sites (tertiary alicyclic amines) is 2. The molecule has 0 radical (unpaired) electrons. The zero-order chi connectivity index (χ0) is 13.9. The standard InChI is InChI=1S/C15H22N2O2S/c1-19-9-8-17-14-6-7-16(11-12-3-2-10-20-12)13(14)4-5-15(17)18/h2-3,10,13-14H,4-9,11H2,1H3/t13-,14-/m1/s1. The Labute approximate surface area is 124 Å². The van der Waals surface area contributed by atoms with E-state index in [1.807, 2.05) is 11.3 Å². The van der Waals surface area contributed by atoms with E-state index >= 15 is 0 Å². The molecule has 5 heteroatoms. The molecular weight excluding hydrogens is 272 g/mol. The van der Waals surface area contributed by atoms with E-state index in [1.54, 1.807) is 7.11 Å². The first-order valence-electron chi connectivity index (χ1n) is 7.34. The molecule has 0 aliphatic carbocycles. The SMILES string of the molecule is COCCN1C(=O)CC[C@@H]2[C@H]1CCN2Cc1cccs1. The molecule has 20 heavy (non-hydrogen) atoms. The molecule has 2 aliphatic rings. The van der Waals surface area contributed by atoms with E-state index in [0.29, 0.717) is 31.0 Å². The fourth-order valence-electron chi connectivity index (χ4n) is 3.52. The van der Waals surface area contributed by atoms with Crippen molar-refractivity contribution < 1.29 is 9.53 Å². The van der Waals surface area contributed by atoms with Gasteiger partial charge in [-0.15, -0.1) is 11.3 Å². The van der Waals surface area contributed by atoms with Crippen molar-refractivity contribution in [3.05, 3.63) is 22.4 Å². The summed E-state index contributed by atoms with van der Waals surface area (Å²) in [7, 11) is 1.70. The predicted octanol–water partition coefficient (Wildman–Crippen LogP) is 1.96. The summed E-state index contributed by atoms with van der Waals surface area (Å²) >= 11 is 1.82. The number of amides is 1. The zero-order valence-electron chi connectivity index (χ0n) is 12.0. The van der Waals surface area contributed by atoms with Gasteiger partial charge in [0.2, 0.25) is 5.91 Å². The number of methoxy groups -OCH3 is 1. The number of fused-ring (bicyclic) bond motifs is 1. The minimum absolute atomic E-state index is 0.307. The first kappa shape index (κ1) is 14.0. The lowest BCUT2D eigenvalue weighted by atomic mass is 9.96. The molecule has 1 aromatic rings. The maximum Gasteiger partial charge on any atom is 0.223 e. The summed E-state index contributed by atoms with van der Waals surface area (Å²) in [6.07, 6.45) is 2.80. The van der Waals surface area contributed by atoms with Crippen molar-refractivity contribution in [2.45, 2.75) is 37.9 Å². The van der Waals surface area contributed by atoms with Crippen molar-refractivity contribution in [1.29, 1.82) is 0 Å². The molecule has 0 N–H and O–H groups in total. The highest BCUT2D eigenvalue weighted by atomic mass is 32.1. The first-order chi connectivity index (χ1) is 9.79. The fourth-order valence-corrected chi connectivity index (χ4v) is 4.25. The molecule has 0 bridgehead atoms. The normalized spacial score (nSPS) is 27.1. The number of nitrogens with zero attached hydrogens (tertiary/aromatic N) is 2. The largest absolute Gasteiger partial charge is 0.383 e. The third-order valence-corrected chi connectivity index (χ3v) is 5.34. The molecule has 2 fully saturated rings. The van der Waals surface area contributed by atoms with Gasteiger partial charge in [0.15, 0.2) is 0 Å². The molecule has 1 amide bonds. The van der Waals surface area contributed by atoms with Gasteiger partial charge in [-0.05, 0) is 24.3 Å². The van der Waals surface area contributed by atoms with Crippen LogP contribution in [0.1, 0.15) is 24.1 Å². The average Bonchev–Trinajstić information content (AvgIpc) is 3.08. The van der Waals surface area contributed by atoms with E-state index in [2.05, 4.69) is 27.3 Å². The summed E-state index contributed by atoms with van der Waals surface area (Å²) in [5.74, 6) is 0.307. The Kier molecular flexibility index (Phi) is 4.38. The number of rotatable bonds is 5. The summed E-state index contributed by atoms with van der Waals surface area (Å²) in [6, 6.07) is 5.25. The van der Waals surface area contributed by atoms with Crippen LogP contribution in [0.3, 0.4) is 0 Å². The van der Waals surface area contributed by atoms with Gasteiger partial charge in [0.25, 0.3) is 0 Å². The van der Waals surface area contributed by atoms with Crippen molar-refractivity contribution in [3.8, 4) is 0 Å². The highest BCUT2D eigenvalue weighted by Crippen LogP contribution is 2.32. The van der Waals surface area contributed by atoms with Gasteiger partial charge >= 0.3 is 0 Å². The van der Waals surface area contributed by atoms with Crippen molar-refractivity contribution in [3.63, 3.8) is 0 Å². The van der Waals surface area contributed by atoms with Gasteiger partial charge in [-0.2, -0.15) is 0 Å². The smallest absolute Gasteiger partial charge is 0.223 e. The fraction of sp³-hybridized carbons (Fsp3) is 0.667. The van der Waals surface area contributed by atoms with Crippen LogP contribution in [0, 0.1) is 0 Å². The average molecular weight is 294 g/mol. The third kappa shape index (κ3) is 2.75. The molecule has 3 heterocycles. The number of hydrogen-bond acceptors (Lipinski definition) is 4. The molecule has 4 nitrogen and oxygen atoms in total. The van der Waals surface area contributed by atoms with Crippen LogP contribution >= 0.6 is 11.3 Å². The van der Waals surface area contributed by atoms with E-state index in [9.17, 15) is 4.79 Å². The van der Waals surface area contributed by atoms with Crippen molar-refractivity contribution in [1.82, 2.24) is 9.80 Å². The Balaban J connectivity index is 1.67. The molecule has 0 aromatic carbocycles. The molecular formula is C15H22N2O2S. The van der Waals surface area contributed by atoms with E-state index in [0.717, 1.165) is 32.5 Å². The van der Waals surface area contributed by atoms with Crippen LogP contribution in [0.25, 0.3) is 0 Å². The molecule has 2 saturated heterocycles. The summed E-state index contributed by atoms with van der Waals surface area (Å²) < 4.78 is 5.15. The molecule has 2 atom stereocenters. The number of piperidine rings is 1. The topological polar surface area (TPSA) is 32.8 Å². The van der Waals surface area contributed by atoms with Gasteiger partial charge in [0.05, 0.1) is 6.61 Å². The van der Waals surface area contributed by atoms with Crippen LogP contribution in [-0.4, -0.2) is 54.6 Å². The number of thiophene rings is 1. The predicted molar refractivity (Wildman–Crippen MR) is 79.7 cm³/mol. The second-order valence-electron chi connectivity index (χ2n) is 5.59. The molecule has 3 rings (SSSR count). The third-order valence-electron chi connectivity index (χ3n) is 4.48. The van der Waals surface area contributed by atoms with Gasteiger partial charge in [0.1, 0.15) is 0 Å². The first-order valence-corrected chi connectivity index (χ1v) is 8.22. The van der Waals surface area contributed by atoms with Crippen LogP contribution in [0.2, 0.25) is 0 Å². The van der Waals surface area contributed by atoms with E-state index in [-0.39, 0.29) is 0 Å². The van der Waals surface area contributed by atoms with E-state index < -0.39 is 0 Å². The number of carbonyl (C=O) groups excluding carboxylic acids is 1. The van der Waals surface area contributed by atoms with Crippen LogP contribution in [-0.2, 0) is 16.1 Å². The monoisotopic (exact) mass is 294 g/mol. The summed E-state index contributed by atoms with van der Waals surface area (Å²) in [4.78, 5) is 18.2. The van der Waals surface area contributed by atoms with Crippen molar-refractivity contribution in [2.24, 2.45) is 0 Å². The molecule has 2 aliphatic heterocycles. The van der Waals surface area contributed by atoms with Gasteiger partial charge in [-0.3, -0.25) is 9.69 Å². The minimum atomic E-state index is 0.307. The second kappa shape index (κ2) is 6.24. The highest BCUT2D eigenvalue weighted by molar-refractivity contribution is 7.09. The quantitative estimate of drug-likeness (QED) is 0.832. The van der Waals surface area contributed by atoms with E-state index in [4.69, 9.17) is 4.74 Å². The Morgan fingerprint density at radius 3 is 3.05 bits per heavy atom. The van der Waals surface area contributed by atoms with Gasteiger partial charge in [-0.25, -0.2) is 0 Å². The zero-order valence-corrected chi connectivity index (χ0v) is 12.8. The summed E-state index contributed by atoms with van der Waals surface area (Å²) in [5, 5.41) is 2.14. The number of hydrogen-bond donors (Lipinski definition) is 0. The number of carbonyl (C=O) groups is 1. The number of ether oxygens (including phenoxy) is 1. The Hall–Kier alpha value is -0.910. The Bertz CT molecular complexity index is 449. The Morgan fingerprint density at radius 2 is 2.30 bits per heavy atom. The van der Waals surface area contributed by atoms with Crippen LogP contribution in [0.5, 0.6) is 0 Å². The van der Waals surface area contributed by atoms with Gasteiger partial charge in [0, 0.05) is 50.1 Å². The van der Waals surface area contributed by atoms with Crippen LogP contribution in [0.4, 0.5) is 0 Å². The molecule has 0 spiro atoms. The summed E-state index contributed by atoms with van der Waals surface area (Å²) in [5.41, 5.74) is 0. The summed E-state index contributed by atoms with van der Waals surface area (Å²) in [6.45, 7) is 3.51. The van der Waals surface area contributed by atoms with E-state index in [1.165, 1.54) is 4.88 Å². The molecule has 1 aromatic heterocycles. The highest BCUT2D eigenvalue weighted by Gasteiger charge is 2.42. The van der Waals surface area contributed by atoms with Crippen molar-refractivity contribution >= 4 is 17.2 Å². The maximum absolute atomic E-state index is 12.1. The molecule has 110 valence electrons. The lowest BCUT2D eigenvalue weighted by molar-refractivity contribution is -0.138. The lowest BCUT2D eigenvalue weighted by Gasteiger charge is -2.39. The molecule has 0 saturated carbocycles. The minimum Gasteiger partial charge on any atom is -0.383 e. The van der Waals surface area contributed by atoms with Gasteiger partial charge in [-0.1, -0.05) is 6.07 Å². The van der Waals surface area contributed by atoms with Crippen molar-refractivity contribution in [2.75, 3.05) is 26.8 Å². The Morgan fingerprint density at radius 1 is 1.40 bits per heavy atom. The van der Waals surface area contributed by atoms with Crippen LogP contribution < -0.4 is 0 Å². The second-order valence-corrected chi connectivity index (χ2v) is 6.62. The van der Waals surface area contributed by atoms with Crippen LogP contribution in [0.15, 0.2) is 17.5 Å². The maximum atomic E-state index is 12.1. The van der Waals surface area contributed by atoms with Gasteiger partial charge < -0.3 is 9.64 Å². The molecule has 0 unspecified atom stereocenters.